The van der Waals surface area contributed by atoms with Gasteiger partial charge in [-0.05, 0) is 61.0 Å². The van der Waals surface area contributed by atoms with Gasteiger partial charge < -0.3 is 14.5 Å². The van der Waals surface area contributed by atoms with Crippen molar-refractivity contribution < 1.29 is 18.7 Å². The highest BCUT2D eigenvalue weighted by Gasteiger charge is 2.08. The molecule has 31 heavy (non-hydrogen) atoms. The molecule has 0 bridgehead atoms. The third kappa shape index (κ3) is 7.27. The number of nitrogens with one attached hydrogen (secondary N) is 2. The van der Waals surface area contributed by atoms with E-state index in [1.54, 1.807) is 30.3 Å². The van der Waals surface area contributed by atoms with Crippen molar-refractivity contribution in [3.05, 3.63) is 88.3 Å². The largest absolute Gasteiger partial charge is 0.465 e. The fraction of sp³-hybridized carbons (Fsp3) is 0.0870. The van der Waals surface area contributed by atoms with Crippen LogP contribution in [-0.2, 0) is 9.59 Å². The molecule has 1 amide bonds. The first kappa shape index (κ1) is 22.0. The van der Waals surface area contributed by atoms with E-state index >= 15 is 0 Å². The number of hydrogen-bond acceptors (Lipinski definition) is 6. The number of carbonyl (C=O) groups excluding carboxylic acids is 2. The second kappa shape index (κ2) is 10.9. The molecule has 0 saturated carbocycles. The van der Waals surface area contributed by atoms with Gasteiger partial charge in [0.25, 0.3) is 5.91 Å². The second-order valence-electron chi connectivity index (χ2n) is 6.47. The average molecular weight is 482 g/mol. The van der Waals surface area contributed by atoms with E-state index < -0.39 is 5.97 Å². The van der Waals surface area contributed by atoms with Gasteiger partial charge in [-0.15, -0.1) is 0 Å². The van der Waals surface area contributed by atoms with Crippen LogP contribution in [0.1, 0.15) is 16.9 Å². The quantitative estimate of drug-likeness (QED) is 0.162. The van der Waals surface area contributed by atoms with Crippen LogP contribution in [0.3, 0.4) is 0 Å². The minimum Gasteiger partial charge on any atom is -0.465 e. The van der Waals surface area contributed by atoms with Crippen molar-refractivity contribution in [2.75, 3.05) is 11.9 Å². The Kier molecular flexibility index (Phi) is 7.78. The summed E-state index contributed by atoms with van der Waals surface area (Å²) in [7, 11) is 0. The number of benzene rings is 2. The SMILES string of the molecule is Cc1cccc(NCC(=O)N/N=C/c2cc(Br)ccc2OC(=O)/C=C/c2ccco2)c1. The van der Waals surface area contributed by atoms with Crippen molar-refractivity contribution in [1.29, 1.82) is 0 Å². The summed E-state index contributed by atoms with van der Waals surface area (Å²) in [4.78, 5) is 24.1. The Morgan fingerprint density at radius 2 is 2.03 bits per heavy atom. The fourth-order valence-electron chi connectivity index (χ4n) is 2.54. The third-order valence-corrected chi connectivity index (χ3v) is 4.47. The van der Waals surface area contributed by atoms with Crippen molar-refractivity contribution in [1.82, 2.24) is 5.43 Å². The summed E-state index contributed by atoms with van der Waals surface area (Å²) in [6, 6.07) is 16.2. The van der Waals surface area contributed by atoms with Gasteiger partial charge >= 0.3 is 5.97 Å². The summed E-state index contributed by atoms with van der Waals surface area (Å²) >= 11 is 3.37. The first-order valence-corrected chi connectivity index (χ1v) is 10.1. The van der Waals surface area contributed by atoms with E-state index in [2.05, 4.69) is 31.8 Å². The monoisotopic (exact) mass is 481 g/mol. The lowest BCUT2D eigenvalue weighted by Gasteiger charge is -2.07. The van der Waals surface area contributed by atoms with E-state index in [9.17, 15) is 9.59 Å². The van der Waals surface area contributed by atoms with Gasteiger partial charge in [0.1, 0.15) is 11.5 Å². The smallest absolute Gasteiger partial charge is 0.336 e. The van der Waals surface area contributed by atoms with Gasteiger partial charge in [-0.1, -0.05) is 28.1 Å². The maximum absolute atomic E-state index is 12.1. The van der Waals surface area contributed by atoms with Crippen LogP contribution < -0.4 is 15.5 Å². The van der Waals surface area contributed by atoms with Crippen molar-refractivity contribution in [3.63, 3.8) is 0 Å². The zero-order valence-electron chi connectivity index (χ0n) is 16.7. The zero-order valence-corrected chi connectivity index (χ0v) is 18.3. The van der Waals surface area contributed by atoms with Gasteiger partial charge in [-0.25, -0.2) is 10.2 Å². The lowest BCUT2D eigenvalue weighted by atomic mass is 10.2. The van der Waals surface area contributed by atoms with Gasteiger partial charge in [-0.2, -0.15) is 5.10 Å². The number of esters is 1. The first-order valence-electron chi connectivity index (χ1n) is 9.35. The number of aryl methyl sites for hydroxylation is 1. The molecule has 7 nitrogen and oxygen atoms in total. The van der Waals surface area contributed by atoms with Gasteiger partial charge in [-0.3, -0.25) is 4.79 Å². The van der Waals surface area contributed by atoms with E-state index in [0.717, 1.165) is 15.7 Å². The number of rotatable bonds is 8. The average Bonchev–Trinajstić information content (AvgIpc) is 3.26. The molecule has 0 aliphatic heterocycles. The number of hydrogen-bond donors (Lipinski definition) is 2. The van der Waals surface area contributed by atoms with Crippen molar-refractivity contribution in [2.24, 2.45) is 5.10 Å². The summed E-state index contributed by atoms with van der Waals surface area (Å²) < 4.78 is 11.3. The molecule has 0 unspecified atom stereocenters. The molecule has 1 heterocycles. The standard InChI is InChI=1S/C23H20BrN3O4/c1-16-4-2-5-19(12-16)25-15-22(28)27-26-14-17-13-18(24)7-9-21(17)31-23(29)10-8-20-6-3-11-30-20/h2-14,25H,15H2,1H3,(H,27,28)/b10-8+,26-14+. The maximum Gasteiger partial charge on any atom is 0.336 e. The molecular weight excluding hydrogens is 462 g/mol. The molecule has 0 spiro atoms. The number of amides is 1. The summed E-state index contributed by atoms with van der Waals surface area (Å²) in [6.45, 7) is 2.05. The fourth-order valence-corrected chi connectivity index (χ4v) is 2.92. The maximum atomic E-state index is 12.1. The van der Waals surface area contributed by atoms with E-state index in [1.165, 1.54) is 24.6 Å². The highest BCUT2D eigenvalue weighted by molar-refractivity contribution is 9.10. The van der Waals surface area contributed by atoms with Crippen LogP contribution in [0.2, 0.25) is 0 Å². The lowest BCUT2D eigenvalue weighted by molar-refractivity contribution is -0.129. The van der Waals surface area contributed by atoms with Crippen LogP contribution in [0.5, 0.6) is 5.75 Å². The normalized spacial score (nSPS) is 11.0. The molecule has 1 aromatic heterocycles. The topological polar surface area (TPSA) is 92.9 Å². The van der Waals surface area contributed by atoms with Crippen LogP contribution in [-0.4, -0.2) is 24.6 Å². The van der Waals surface area contributed by atoms with Gasteiger partial charge in [0, 0.05) is 21.8 Å². The molecule has 0 saturated heterocycles. The predicted molar refractivity (Wildman–Crippen MR) is 123 cm³/mol. The van der Waals surface area contributed by atoms with E-state index in [1.807, 2.05) is 31.2 Å². The molecule has 0 radical (unpaired) electrons. The van der Waals surface area contributed by atoms with Gasteiger partial charge in [0.2, 0.25) is 0 Å². The molecule has 158 valence electrons. The summed E-state index contributed by atoms with van der Waals surface area (Å²) in [5, 5.41) is 6.99. The number of nitrogens with zero attached hydrogens (tertiary/aromatic N) is 1. The number of carbonyl (C=O) groups is 2. The minimum atomic E-state index is -0.570. The Hall–Kier alpha value is -3.65. The van der Waals surface area contributed by atoms with Crippen LogP contribution in [0.25, 0.3) is 6.08 Å². The molecule has 8 heteroatoms. The molecule has 0 aliphatic rings. The molecular formula is C23H20BrN3O4. The third-order valence-electron chi connectivity index (χ3n) is 3.97. The number of anilines is 1. The van der Waals surface area contributed by atoms with Gasteiger partial charge in [0.05, 0.1) is 19.0 Å². The molecule has 2 aromatic carbocycles. The first-order chi connectivity index (χ1) is 15.0. The number of hydrazone groups is 1. The molecule has 2 N–H and O–H groups in total. The van der Waals surface area contributed by atoms with Crippen molar-refractivity contribution in [2.45, 2.75) is 6.92 Å². The molecule has 3 rings (SSSR count). The van der Waals surface area contributed by atoms with Gasteiger partial charge in [0.15, 0.2) is 0 Å². The van der Waals surface area contributed by atoms with Crippen molar-refractivity contribution in [3.8, 4) is 5.75 Å². The Morgan fingerprint density at radius 1 is 1.16 bits per heavy atom. The second-order valence-corrected chi connectivity index (χ2v) is 7.38. The summed E-state index contributed by atoms with van der Waals surface area (Å²) in [6.07, 6.45) is 5.70. The zero-order chi connectivity index (χ0) is 22.1. The molecule has 0 atom stereocenters. The van der Waals surface area contributed by atoms with Crippen LogP contribution in [0, 0.1) is 6.92 Å². The lowest BCUT2D eigenvalue weighted by Crippen LogP contribution is -2.25. The van der Waals surface area contributed by atoms with E-state index in [4.69, 9.17) is 9.15 Å². The summed E-state index contributed by atoms with van der Waals surface area (Å²) in [5.74, 6) is -0.0443. The number of furan rings is 1. The Bertz CT molecular complexity index is 1110. The van der Waals surface area contributed by atoms with Crippen LogP contribution in [0.4, 0.5) is 5.69 Å². The number of halogens is 1. The minimum absolute atomic E-state index is 0.0681. The molecule has 0 fully saturated rings. The van der Waals surface area contributed by atoms with Crippen LogP contribution >= 0.6 is 15.9 Å². The van der Waals surface area contributed by atoms with Crippen molar-refractivity contribution >= 4 is 45.8 Å². The van der Waals surface area contributed by atoms with E-state index in [0.29, 0.717) is 17.1 Å². The Morgan fingerprint density at radius 3 is 2.81 bits per heavy atom. The Labute approximate surface area is 187 Å². The number of ether oxygens (including phenoxy) is 1. The van der Waals surface area contributed by atoms with Crippen LogP contribution in [0.15, 0.2) is 80.9 Å². The predicted octanol–water partition coefficient (Wildman–Crippen LogP) is 4.53. The highest BCUT2D eigenvalue weighted by atomic mass is 79.9. The van der Waals surface area contributed by atoms with E-state index in [-0.39, 0.29) is 12.5 Å². The Balaban J connectivity index is 1.57. The highest BCUT2D eigenvalue weighted by Crippen LogP contribution is 2.22. The molecule has 0 aliphatic carbocycles. The summed E-state index contributed by atoms with van der Waals surface area (Å²) in [5.41, 5.74) is 4.91. The molecule has 3 aromatic rings.